The van der Waals surface area contributed by atoms with Gasteiger partial charge in [-0.05, 0) is 13.3 Å². The minimum atomic E-state index is 0.149. The van der Waals surface area contributed by atoms with Crippen molar-refractivity contribution >= 4 is 0 Å². The van der Waals surface area contributed by atoms with Crippen molar-refractivity contribution in [2.45, 2.75) is 25.6 Å². The molecule has 1 saturated heterocycles. The second kappa shape index (κ2) is 3.42. The van der Waals surface area contributed by atoms with Gasteiger partial charge in [0.05, 0.1) is 0 Å². The Bertz CT molecular complexity index is 218. The van der Waals surface area contributed by atoms with Gasteiger partial charge in [0.1, 0.15) is 12.2 Å². The van der Waals surface area contributed by atoms with Crippen molar-refractivity contribution in [2.75, 3.05) is 13.2 Å². The molecule has 2 nitrogen and oxygen atoms in total. The van der Waals surface area contributed by atoms with Crippen LogP contribution in [0, 0.1) is 0 Å². The van der Waals surface area contributed by atoms with Crippen LogP contribution in [0.25, 0.3) is 0 Å². The van der Waals surface area contributed by atoms with E-state index in [2.05, 4.69) is 25.2 Å². The summed E-state index contributed by atoms with van der Waals surface area (Å²) >= 11 is 0. The Hall–Kier alpha value is -0.600. The van der Waals surface area contributed by atoms with Crippen molar-refractivity contribution in [1.82, 2.24) is 0 Å². The second-order valence-electron chi connectivity index (χ2n) is 3.29. The molecule has 0 aromatic carbocycles. The Balaban J connectivity index is 2.11. The van der Waals surface area contributed by atoms with Crippen molar-refractivity contribution in [3.63, 3.8) is 0 Å². The zero-order valence-electron chi connectivity index (χ0n) is 7.32. The van der Waals surface area contributed by atoms with Gasteiger partial charge < -0.3 is 9.47 Å². The zero-order chi connectivity index (χ0) is 8.39. The summed E-state index contributed by atoms with van der Waals surface area (Å²) in [5, 5.41) is 0. The predicted octanol–water partition coefficient (Wildman–Crippen LogP) is 1.68. The predicted molar refractivity (Wildman–Crippen MR) is 47.0 cm³/mol. The monoisotopic (exact) mass is 166 g/mol. The molecule has 66 valence electrons. The lowest BCUT2D eigenvalue weighted by atomic mass is 10.0. The van der Waals surface area contributed by atoms with Crippen LogP contribution in [0.4, 0.5) is 0 Å². The number of hydrogen-bond donors (Lipinski definition) is 0. The molecule has 1 aliphatic carbocycles. The largest absolute Gasteiger partial charge is 0.371 e. The molecule has 1 aliphatic heterocycles. The van der Waals surface area contributed by atoms with E-state index in [-0.39, 0.29) is 12.2 Å². The third kappa shape index (κ3) is 1.59. The van der Waals surface area contributed by atoms with Crippen LogP contribution in [0.5, 0.6) is 0 Å². The van der Waals surface area contributed by atoms with E-state index in [0.29, 0.717) is 0 Å². The van der Waals surface area contributed by atoms with E-state index in [1.54, 1.807) is 0 Å². The van der Waals surface area contributed by atoms with Gasteiger partial charge in [0.25, 0.3) is 0 Å². The van der Waals surface area contributed by atoms with Gasteiger partial charge in [0.2, 0.25) is 0 Å². The van der Waals surface area contributed by atoms with Crippen molar-refractivity contribution in [1.29, 1.82) is 0 Å². The molecule has 0 amide bonds. The Labute approximate surface area is 72.9 Å². The van der Waals surface area contributed by atoms with Gasteiger partial charge in [-0.25, -0.2) is 0 Å². The van der Waals surface area contributed by atoms with Gasteiger partial charge in [-0.2, -0.15) is 0 Å². The van der Waals surface area contributed by atoms with Crippen molar-refractivity contribution < 1.29 is 9.47 Å². The molecule has 1 heterocycles. The Kier molecular flexibility index (Phi) is 2.28. The third-order valence-corrected chi connectivity index (χ3v) is 2.21. The van der Waals surface area contributed by atoms with Gasteiger partial charge in [0, 0.05) is 13.2 Å². The molecule has 12 heavy (non-hydrogen) atoms. The lowest BCUT2D eigenvalue weighted by Gasteiger charge is -2.22. The maximum absolute atomic E-state index is 5.62. The zero-order valence-corrected chi connectivity index (χ0v) is 7.32. The summed E-state index contributed by atoms with van der Waals surface area (Å²) in [6, 6.07) is 0. The third-order valence-electron chi connectivity index (χ3n) is 2.21. The molecular weight excluding hydrogens is 152 g/mol. The first-order valence-corrected chi connectivity index (χ1v) is 4.46. The van der Waals surface area contributed by atoms with Crippen LogP contribution in [0.1, 0.15) is 13.3 Å². The number of allylic oxidation sites excluding steroid dienone is 2. The summed E-state index contributed by atoms with van der Waals surface area (Å²) < 4.78 is 11.2. The van der Waals surface area contributed by atoms with Crippen LogP contribution in [-0.4, -0.2) is 25.4 Å². The van der Waals surface area contributed by atoms with Crippen molar-refractivity contribution in [2.24, 2.45) is 0 Å². The smallest absolute Gasteiger partial charge is 0.106 e. The molecule has 2 atom stereocenters. The molecule has 2 aliphatic rings. The highest BCUT2D eigenvalue weighted by atomic mass is 16.5. The van der Waals surface area contributed by atoms with E-state index in [0.717, 1.165) is 19.6 Å². The molecule has 1 fully saturated rings. The number of hydrogen-bond acceptors (Lipinski definition) is 2. The fourth-order valence-corrected chi connectivity index (χ4v) is 1.56. The number of rotatable bonds is 0. The molecule has 0 radical (unpaired) electrons. The molecule has 0 aromatic heterocycles. The average Bonchev–Trinajstić information content (AvgIpc) is 2.28. The summed E-state index contributed by atoms with van der Waals surface area (Å²) in [5.74, 6) is 0. The van der Waals surface area contributed by atoms with E-state index in [1.165, 1.54) is 5.57 Å². The number of fused-ring (bicyclic) bond motifs is 1. The molecule has 0 aromatic rings. The first-order chi connectivity index (χ1) is 5.86. The van der Waals surface area contributed by atoms with Gasteiger partial charge in [-0.15, -0.1) is 0 Å². The van der Waals surface area contributed by atoms with Crippen molar-refractivity contribution in [3.05, 3.63) is 23.8 Å². The second-order valence-corrected chi connectivity index (χ2v) is 3.29. The molecule has 0 N–H and O–H groups in total. The molecule has 2 rings (SSSR count). The van der Waals surface area contributed by atoms with Gasteiger partial charge in [-0.1, -0.05) is 23.8 Å². The van der Waals surface area contributed by atoms with Crippen LogP contribution in [0.15, 0.2) is 23.8 Å². The van der Waals surface area contributed by atoms with Crippen LogP contribution in [-0.2, 0) is 9.47 Å². The molecule has 0 saturated carbocycles. The molecule has 2 heteroatoms. The summed E-state index contributed by atoms with van der Waals surface area (Å²) in [7, 11) is 0. The standard InChI is InChI=1S/C10H14O2/c1-8-3-4-9-10(7-8)12-6-2-5-11-9/h3-4,7,9-10H,2,5-6H2,1H3. The van der Waals surface area contributed by atoms with Crippen LogP contribution >= 0.6 is 0 Å². The maximum Gasteiger partial charge on any atom is 0.106 e. The molecule has 0 spiro atoms. The summed E-state index contributed by atoms with van der Waals surface area (Å²) in [5.41, 5.74) is 1.27. The SMILES string of the molecule is CC1=CC2OCCCOC2C=C1. The normalized spacial score (nSPS) is 35.2. The minimum Gasteiger partial charge on any atom is -0.371 e. The lowest BCUT2D eigenvalue weighted by Crippen LogP contribution is -2.28. The Morgan fingerprint density at radius 2 is 2.00 bits per heavy atom. The minimum absolute atomic E-state index is 0.149. The van der Waals surface area contributed by atoms with Crippen LogP contribution < -0.4 is 0 Å². The first kappa shape index (κ1) is 8.02. The van der Waals surface area contributed by atoms with Gasteiger partial charge >= 0.3 is 0 Å². The molecule has 0 bridgehead atoms. The van der Waals surface area contributed by atoms with Gasteiger partial charge in [0.15, 0.2) is 0 Å². The van der Waals surface area contributed by atoms with E-state index >= 15 is 0 Å². The van der Waals surface area contributed by atoms with E-state index < -0.39 is 0 Å². The van der Waals surface area contributed by atoms with E-state index in [4.69, 9.17) is 9.47 Å². The molecule has 2 unspecified atom stereocenters. The fraction of sp³-hybridized carbons (Fsp3) is 0.600. The summed E-state index contributed by atoms with van der Waals surface area (Å²) in [4.78, 5) is 0. The Morgan fingerprint density at radius 3 is 2.83 bits per heavy atom. The van der Waals surface area contributed by atoms with E-state index in [1.807, 2.05) is 0 Å². The first-order valence-electron chi connectivity index (χ1n) is 4.46. The van der Waals surface area contributed by atoms with Crippen molar-refractivity contribution in [3.8, 4) is 0 Å². The van der Waals surface area contributed by atoms with E-state index in [9.17, 15) is 0 Å². The average molecular weight is 166 g/mol. The highest BCUT2D eigenvalue weighted by molar-refractivity contribution is 5.25. The Morgan fingerprint density at radius 1 is 1.25 bits per heavy atom. The summed E-state index contributed by atoms with van der Waals surface area (Å²) in [6.07, 6.45) is 7.62. The lowest BCUT2D eigenvalue weighted by molar-refractivity contribution is 0.0134. The highest BCUT2D eigenvalue weighted by Crippen LogP contribution is 2.19. The number of ether oxygens (including phenoxy) is 2. The quantitative estimate of drug-likeness (QED) is 0.545. The van der Waals surface area contributed by atoms with Crippen LogP contribution in [0.3, 0.4) is 0 Å². The van der Waals surface area contributed by atoms with Crippen LogP contribution in [0.2, 0.25) is 0 Å². The molecular formula is C10H14O2. The fourth-order valence-electron chi connectivity index (χ4n) is 1.56. The highest BCUT2D eigenvalue weighted by Gasteiger charge is 2.23. The maximum atomic E-state index is 5.62. The topological polar surface area (TPSA) is 18.5 Å². The van der Waals surface area contributed by atoms with Gasteiger partial charge in [-0.3, -0.25) is 0 Å². The summed E-state index contributed by atoms with van der Waals surface area (Å²) in [6.45, 7) is 3.72.